The van der Waals surface area contributed by atoms with E-state index in [0.717, 1.165) is 12.8 Å². The van der Waals surface area contributed by atoms with Crippen molar-refractivity contribution < 1.29 is 19.4 Å². The molecule has 1 unspecified atom stereocenters. The molecule has 0 spiro atoms. The number of rotatable bonds is 17. The van der Waals surface area contributed by atoms with E-state index in [1.165, 1.54) is 57.8 Å². The topological polar surface area (TPSA) is 55.8 Å². The van der Waals surface area contributed by atoms with Crippen LogP contribution in [0.15, 0.2) is 0 Å². The molecule has 0 amide bonds. The number of aliphatic hydroxyl groups excluding tert-OH is 1. The van der Waals surface area contributed by atoms with Crippen molar-refractivity contribution in [1.29, 1.82) is 0 Å². The fraction of sp³-hybridized carbons (Fsp3) is 0.947. The lowest BCUT2D eigenvalue weighted by Crippen LogP contribution is -2.23. The smallest absolute Gasteiger partial charge is 0.305 e. The number of esters is 1. The van der Waals surface area contributed by atoms with Crippen molar-refractivity contribution >= 4 is 5.97 Å². The maximum absolute atomic E-state index is 11.1. The van der Waals surface area contributed by atoms with Gasteiger partial charge < -0.3 is 14.6 Å². The highest BCUT2D eigenvalue weighted by molar-refractivity contribution is 5.69. The quantitative estimate of drug-likeness (QED) is 0.312. The lowest BCUT2D eigenvalue weighted by molar-refractivity contribution is -0.147. The molecule has 0 saturated heterocycles. The first kappa shape index (κ1) is 22.4. The summed E-state index contributed by atoms with van der Waals surface area (Å²) in [5, 5.41) is 9.63. The van der Waals surface area contributed by atoms with Crippen LogP contribution in [0.25, 0.3) is 0 Å². The summed E-state index contributed by atoms with van der Waals surface area (Å²) in [6, 6.07) is 0. The van der Waals surface area contributed by atoms with E-state index in [1.54, 1.807) is 0 Å². The van der Waals surface area contributed by atoms with Crippen molar-refractivity contribution in [3.05, 3.63) is 0 Å². The van der Waals surface area contributed by atoms with E-state index >= 15 is 0 Å². The summed E-state index contributed by atoms with van der Waals surface area (Å²) in [5.41, 5.74) is 0. The Bertz CT molecular complexity index is 256. The predicted molar refractivity (Wildman–Crippen MR) is 94.5 cm³/mol. The average molecular weight is 331 g/mol. The summed E-state index contributed by atoms with van der Waals surface area (Å²) in [6.07, 6.45) is 13.5. The molecule has 0 fully saturated rings. The molecule has 0 aliphatic heterocycles. The van der Waals surface area contributed by atoms with Crippen LogP contribution < -0.4 is 0 Å². The van der Waals surface area contributed by atoms with Gasteiger partial charge in [0, 0.05) is 13.0 Å². The third-order valence-corrected chi connectivity index (χ3v) is 3.84. The summed E-state index contributed by atoms with van der Waals surface area (Å²) in [4.78, 5) is 11.1. The second-order valence-corrected chi connectivity index (χ2v) is 6.34. The molecule has 0 aliphatic rings. The fourth-order valence-corrected chi connectivity index (χ4v) is 2.42. The largest absolute Gasteiger partial charge is 0.463 e. The summed E-state index contributed by atoms with van der Waals surface area (Å²) < 4.78 is 10.4. The highest BCUT2D eigenvalue weighted by Gasteiger charge is 2.08. The maximum Gasteiger partial charge on any atom is 0.305 e. The van der Waals surface area contributed by atoms with E-state index < -0.39 is 6.10 Å². The highest BCUT2D eigenvalue weighted by Crippen LogP contribution is 2.10. The van der Waals surface area contributed by atoms with E-state index in [4.69, 9.17) is 9.47 Å². The van der Waals surface area contributed by atoms with Crippen molar-refractivity contribution in [1.82, 2.24) is 0 Å². The number of aliphatic hydroxyl groups is 1. The van der Waals surface area contributed by atoms with Crippen LogP contribution in [0, 0.1) is 0 Å². The molecule has 0 aromatic carbocycles. The summed E-state index contributed by atoms with van der Waals surface area (Å²) in [7, 11) is 0. The molecule has 0 bridgehead atoms. The van der Waals surface area contributed by atoms with Gasteiger partial charge in [0.05, 0.1) is 6.61 Å². The lowest BCUT2D eigenvalue weighted by Gasteiger charge is -2.11. The predicted octanol–water partition coefficient (Wildman–Crippen LogP) is 4.63. The van der Waals surface area contributed by atoms with Crippen LogP contribution in [0.1, 0.15) is 90.9 Å². The van der Waals surface area contributed by atoms with Crippen molar-refractivity contribution in [3.8, 4) is 0 Å². The third kappa shape index (κ3) is 17.6. The molecule has 0 rings (SSSR count). The van der Waals surface area contributed by atoms with Gasteiger partial charge in [-0.25, -0.2) is 0 Å². The number of carbonyl (C=O) groups excluding carboxylic acids is 1. The zero-order valence-corrected chi connectivity index (χ0v) is 15.4. The van der Waals surface area contributed by atoms with Gasteiger partial charge in [-0.2, -0.15) is 0 Å². The van der Waals surface area contributed by atoms with Crippen molar-refractivity contribution in [2.75, 3.05) is 19.8 Å². The molecule has 138 valence electrons. The van der Waals surface area contributed by atoms with Gasteiger partial charge in [0.2, 0.25) is 0 Å². The second-order valence-electron chi connectivity index (χ2n) is 6.34. The minimum Gasteiger partial charge on any atom is -0.463 e. The fourth-order valence-electron chi connectivity index (χ4n) is 2.42. The third-order valence-electron chi connectivity index (χ3n) is 3.84. The molecule has 1 atom stereocenters. The SMILES string of the molecule is CCCCCCCCCCCCOCC(O)COC(=O)CCC. The minimum absolute atomic E-state index is 0.0386. The van der Waals surface area contributed by atoms with E-state index in [9.17, 15) is 9.90 Å². The average Bonchev–Trinajstić information content (AvgIpc) is 2.54. The Balaban J connectivity index is 3.18. The highest BCUT2D eigenvalue weighted by atomic mass is 16.5. The van der Waals surface area contributed by atoms with E-state index in [-0.39, 0.29) is 19.2 Å². The number of unbranched alkanes of at least 4 members (excludes halogenated alkanes) is 9. The van der Waals surface area contributed by atoms with Gasteiger partial charge >= 0.3 is 5.97 Å². The van der Waals surface area contributed by atoms with Crippen LogP contribution >= 0.6 is 0 Å². The van der Waals surface area contributed by atoms with Crippen LogP contribution in [0.2, 0.25) is 0 Å². The van der Waals surface area contributed by atoms with Crippen LogP contribution in [-0.2, 0) is 14.3 Å². The molecule has 23 heavy (non-hydrogen) atoms. The molecule has 4 heteroatoms. The molecule has 0 aliphatic carbocycles. The van der Waals surface area contributed by atoms with Gasteiger partial charge in [-0.1, -0.05) is 71.6 Å². The Morgan fingerprint density at radius 3 is 1.96 bits per heavy atom. The monoisotopic (exact) mass is 330 g/mol. The Hall–Kier alpha value is -0.610. The zero-order chi connectivity index (χ0) is 17.2. The lowest BCUT2D eigenvalue weighted by atomic mass is 10.1. The van der Waals surface area contributed by atoms with Gasteiger partial charge in [-0.15, -0.1) is 0 Å². The molecule has 1 N–H and O–H groups in total. The van der Waals surface area contributed by atoms with Gasteiger partial charge in [0.15, 0.2) is 0 Å². The Morgan fingerprint density at radius 1 is 0.826 bits per heavy atom. The van der Waals surface area contributed by atoms with Gasteiger partial charge in [-0.3, -0.25) is 4.79 Å². The summed E-state index contributed by atoms with van der Waals surface area (Å²) in [6.45, 7) is 5.14. The molecule has 0 aromatic heterocycles. The molecule has 0 heterocycles. The first-order valence-corrected chi connectivity index (χ1v) is 9.62. The van der Waals surface area contributed by atoms with Crippen molar-refractivity contribution in [2.45, 2.75) is 97.0 Å². The van der Waals surface area contributed by atoms with Gasteiger partial charge in [0.1, 0.15) is 12.7 Å². The van der Waals surface area contributed by atoms with Crippen molar-refractivity contribution in [3.63, 3.8) is 0 Å². The van der Waals surface area contributed by atoms with Crippen LogP contribution in [0.3, 0.4) is 0 Å². The number of ether oxygens (including phenoxy) is 2. The first-order chi connectivity index (χ1) is 11.2. The Morgan fingerprint density at radius 2 is 1.39 bits per heavy atom. The Labute approximate surface area is 142 Å². The molecule has 0 radical (unpaired) electrons. The molecular formula is C19H38O4. The van der Waals surface area contributed by atoms with Crippen LogP contribution in [0.4, 0.5) is 0 Å². The summed E-state index contributed by atoms with van der Waals surface area (Å²) >= 11 is 0. The van der Waals surface area contributed by atoms with E-state index in [2.05, 4.69) is 6.92 Å². The number of hydrogen-bond acceptors (Lipinski definition) is 4. The summed E-state index contributed by atoms with van der Waals surface area (Å²) in [5.74, 6) is -0.249. The molecule has 0 saturated carbocycles. The van der Waals surface area contributed by atoms with E-state index in [1.807, 2.05) is 6.92 Å². The van der Waals surface area contributed by atoms with Crippen molar-refractivity contribution in [2.24, 2.45) is 0 Å². The second kappa shape index (κ2) is 17.7. The Kier molecular flexibility index (Phi) is 17.3. The van der Waals surface area contributed by atoms with Gasteiger partial charge in [0.25, 0.3) is 0 Å². The van der Waals surface area contributed by atoms with Crippen LogP contribution in [0.5, 0.6) is 0 Å². The number of hydrogen-bond donors (Lipinski definition) is 1. The maximum atomic E-state index is 11.1. The first-order valence-electron chi connectivity index (χ1n) is 9.62. The standard InChI is InChI=1S/C19H38O4/c1-3-5-6-7-8-9-10-11-12-13-15-22-16-18(20)17-23-19(21)14-4-2/h18,20H,3-17H2,1-2H3. The molecular weight excluding hydrogens is 292 g/mol. The molecule has 0 aromatic rings. The molecule has 4 nitrogen and oxygen atoms in total. The van der Waals surface area contributed by atoms with E-state index in [0.29, 0.717) is 13.0 Å². The normalized spacial score (nSPS) is 12.3. The zero-order valence-electron chi connectivity index (χ0n) is 15.4. The number of carbonyl (C=O) groups is 1. The van der Waals surface area contributed by atoms with Crippen LogP contribution in [-0.4, -0.2) is 37.0 Å². The van der Waals surface area contributed by atoms with Gasteiger partial charge in [-0.05, 0) is 12.8 Å². The minimum atomic E-state index is -0.709.